The second-order valence-electron chi connectivity index (χ2n) is 6.84. The van der Waals surface area contributed by atoms with Crippen LogP contribution in [0.3, 0.4) is 0 Å². The van der Waals surface area contributed by atoms with Crippen molar-refractivity contribution in [3.05, 3.63) is 77.6 Å². The van der Waals surface area contributed by atoms with Gasteiger partial charge >= 0.3 is 0 Å². The highest BCUT2D eigenvalue weighted by atomic mass is 32.2. The van der Waals surface area contributed by atoms with Crippen molar-refractivity contribution >= 4 is 21.5 Å². The molecule has 0 spiro atoms. The van der Waals surface area contributed by atoms with Crippen LogP contribution in [-0.4, -0.2) is 32.4 Å². The van der Waals surface area contributed by atoms with Gasteiger partial charge in [-0.15, -0.1) is 0 Å². The summed E-state index contributed by atoms with van der Waals surface area (Å²) < 4.78 is 34.2. The average Bonchev–Trinajstić information content (AvgIpc) is 3.00. The van der Waals surface area contributed by atoms with Crippen LogP contribution in [0.4, 0.5) is 5.69 Å². The first kappa shape index (κ1) is 20.7. The largest absolute Gasteiger partial charge is 0.485 e. The van der Waals surface area contributed by atoms with E-state index in [4.69, 9.17) is 4.74 Å². The Labute approximate surface area is 171 Å². The first-order chi connectivity index (χ1) is 13.7. The maximum atomic E-state index is 12.7. The van der Waals surface area contributed by atoms with E-state index in [1.54, 1.807) is 54.6 Å². The van der Waals surface area contributed by atoms with Crippen molar-refractivity contribution in [1.82, 2.24) is 4.57 Å². The third-order valence-electron chi connectivity index (χ3n) is 5.05. The number of ether oxygens (including phenoxy) is 1. The fourth-order valence-electron chi connectivity index (χ4n) is 3.01. The molecule has 0 atom stereocenters. The molecular formula is C22H24N2O4S. The smallest absolute Gasteiger partial charge is 0.264 e. The summed E-state index contributed by atoms with van der Waals surface area (Å²) in [7, 11) is -0.217. The molecule has 0 aliphatic carbocycles. The number of carbonyl (C=O) groups is 1. The van der Waals surface area contributed by atoms with Gasteiger partial charge < -0.3 is 9.30 Å². The summed E-state index contributed by atoms with van der Waals surface area (Å²) in [6.07, 6.45) is 0. The zero-order valence-corrected chi connectivity index (χ0v) is 17.7. The van der Waals surface area contributed by atoms with Crippen LogP contribution < -0.4 is 9.04 Å². The lowest BCUT2D eigenvalue weighted by atomic mass is 10.1. The number of benzene rings is 2. The molecule has 0 aliphatic rings. The van der Waals surface area contributed by atoms with E-state index >= 15 is 0 Å². The van der Waals surface area contributed by atoms with E-state index < -0.39 is 10.0 Å². The van der Waals surface area contributed by atoms with Crippen LogP contribution in [0, 0.1) is 13.8 Å². The lowest BCUT2D eigenvalue weighted by Crippen LogP contribution is -2.26. The highest BCUT2D eigenvalue weighted by Gasteiger charge is 2.21. The minimum Gasteiger partial charge on any atom is -0.485 e. The molecule has 0 bridgehead atoms. The van der Waals surface area contributed by atoms with Crippen molar-refractivity contribution in [2.75, 3.05) is 18.0 Å². The maximum Gasteiger partial charge on any atom is 0.264 e. The SMILES string of the molecule is Cc1cc(C(=O)COc2ccc(N(C)S(=O)(=O)c3ccccc3)cc2)c(C)n1C. The van der Waals surface area contributed by atoms with Crippen molar-refractivity contribution < 1.29 is 17.9 Å². The molecule has 0 fully saturated rings. The fraction of sp³-hybridized carbons (Fsp3) is 0.227. The van der Waals surface area contributed by atoms with E-state index in [1.165, 1.54) is 11.4 Å². The molecule has 0 aliphatic heterocycles. The van der Waals surface area contributed by atoms with Gasteiger partial charge in [0.05, 0.1) is 10.6 Å². The van der Waals surface area contributed by atoms with Gasteiger partial charge in [0, 0.05) is 31.0 Å². The molecule has 29 heavy (non-hydrogen) atoms. The van der Waals surface area contributed by atoms with Crippen LogP contribution in [0.5, 0.6) is 5.75 Å². The van der Waals surface area contributed by atoms with Crippen molar-refractivity contribution in [2.24, 2.45) is 7.05 Å². The Balaban J connectivity index is 1.69. The van der Waals surface area contributed by atoms with Gasteiger partial charge in [-0.3, -0.25) is 9.10 Å². The molecule has 152 valence electrons. The van der Waals surface area contributed by atoms with Gasteiger partial charge in [0.25, 0.3) is 10.0 Å². The van der Waals surface area contributed by atoms with Crippen LogP contribution in [0.15, 0.2) is 65.6 Å². The Kier molecular flexibility index (Phi) is 5.79. The highest BCUT2D eigenvalue weighted by Crippen LogP contribution is 2.24. The second-order valence-corrected chi connectivity index (χ2v) is 8.80. The van der Waals surface area contributed by atoms with E-state index in [0.29, 0.717) is 17.0 Å². The fourth-order valence-corrected chi connectivity index (χ4v) is 4.22. The predicted octanol–water partition coefficient (Wildman–Crippen LogP) is 3.73. The lowest BCUT2D eigenvalue weighted by molar-refractivity contribution is 0.0921. The summed E-state index contributed by atoms with van der Waals surface area (Å²) in [5.41, 5.74) is 3.06. The molecule has 0 saturated heterocycles. The minimum absolute atomic E-state index is 0.0816. The number of aryl methyl sites for hydroxylation is 1. The van der Waals surface area contributed by atoms with Gasteiger partial charge in [-0.05, 0) is 56.3 Å². The van der Waals surface area contributed by atoms with E-state index in [-0.39, 0.29) is 17.3 Å². The summed E-state index contributed by atoms with van der Waals surface area (Å²) in [5.74, 6) is 0.400. The van der Waals surface area contributed by atoms with Gasteiger partial charge in [-0.25, -0.2) is 8.42 Å². The first-order valence-electron chi connectivity index (χ1n) is 9.15. The molecule has 2 aromatic carbocycles. The third-order valence-corrected chi connectivity index (χ3v) is 6.85. The maximum absolute atomic E-state index is 12.7. The molecule has 3 aromatic rings. The highest BCUT2D eigenvalue weighted by molar-refractivity contribution is 7.92. The quantitative estimate of drug-likeness (QED) is 0.555. The Morgan fingerprint density at radius 1 is 1.03 bits per heavy atom. The Hall–Kier alpha value is -3.06. The van der Waals surface area contributed by atoms with Crippen LogP contribution >= 0.6 is 0 Å². The summed E-state index contributed by atoms with van der Waals surface area (Å²) in [6, 6.07) is 16.7. The molecule has 3 rings (SSSR count). The molecule has 6 nitrogen and oxygen atoms in total. The van der Waals surface area contributed by atoms with E-state index in [0.717, 1.165) is 11.4 Å². The van der Waals surface area contributed by atoms with Crippen LogP contribution in [0.1, 0.15) is 21.7 Å². The minimum atomic E-state index is -3.64. The Morgan fingerprint density at radius 3 is 2.21 bits per heavy atom. The molecular weight excluding hydrogens is 388 g/mol. The molecule has 1 aromatic heterocycles. The summed E-state index contributed by atoms with van der Waals surface area (Å²) in [4.78, 5) is 12.7. The Bertz CT molecular complexity index is 1120. The summed E-state index contributed by atoms with van der Waals surface area (Å²) in [5, 5.41) is 0. The first-order valence-corrected chi connectivity index (χ1v) is 10.6. The number of carbonyl (C=O) groups excluding carboxylic acids is 1. The molecule has 0 radical (unpaired) electrons. The molecule has 0 saturated carbocycles. The Morgan fingerprint density at radius 2 is 1.66 bits per heavy atom. The number of ketones is 1. The normalized spacial score (nSPS) is 11.3. The van der Waals surface area contributed by atoms with Gasteiger partial charge in [0.1, 0.15) is 5.75 Å². The molecule has 1 heterocycles. The molecule has 7 heteroatoms. The number of Topliss-reactive ketones (excluding diaryl/α,β-unsaturated/α-hetero) is 1. The number of nitrogens with zero attached hydrogens (tertiary/aromatic N) is 2. The van der Waals surface area contributed by atoms with Crippen molar-refractivity contribution in [3.8, 4) is 5.75 Å². The number of rotatable bonds is 7. The van der Waals surface area contributed by atoms with Gasteiger partial charge in [-0.2, -0.15) is 0 Å². The number of hydrogen-bond donors (Lipinski definition) is 0. The van der Waals surface area contributed by atoms with E-state index in [9.17, 15) is 13.2 Å². The second kappa shape index (κ2) is 8.13. The summed E-state index contributed by atoms with van der Waals surface area (Å²) >= 11 is 0. The number of hydrogen-bond acceptors (Lipinski definition) is 4. The van der Waals surface area contributed by atoms with Crippen molar-refractivity contribution in [3.63, 3.8) is 0 Å². The molecule has 0 unspecified atom stereocenters. The monoisotopic (exact) mass is 412 g/mol. The molecule has 0 amide bonds. The standard InChI is InChI=1S/C22H24N2O4S/c1-16-14-21(17(2)23(16)3)22(25)15-28-19-12-10-18(11-13-19)24(4)29(26,27)20-8-6-5-7-9-20/h5-14H,15H2,1-4H3. The third kappa shape index (κ3) is 4.19. The van der Waals surface area contributed by atoms with Crippen LogP contribution in [0.25, 0.3) is 0 Å². The number of sulfonamides is 1. The number of anilines is 1. The van der Waals surface area contributed by atoms with Gasteiger partial charge in [0.2, 0.25) is 5.78 Å². The molecule has 0 N–H and O–H groups in total. The van der Waals surface area contributed by atoms with E-state index in [2.05, 4.69) is 0 Å². The van der Waals surface area contributed by atoms with Crippen molar-refractivity contribution in [2.45, 2.75) is 18.7 Å². The van der Waals surface area contributed by atoms with Crippen LogP contribution in [-0.2, 0) is 17.1 Å². The van der Waals surface area contributed by atoms with Crippen LogP contribution in [0.2, 0.25) is 0 Å². The topological polar surface area (TPSA) is 68.6 Å². The zero-order valence-electron chi connectivity index (χ0n) is 16.9. The predicted molar refractivity (Wildman–Crippen MR) is 113 cm³/mol. The number of aromatic nitrogens is 1. The lowest BCUT2D eigenvalue weighted by Gasteiger charge is -2.19. The van der Waals surface area contributed by atoms with Crippen molar-refractivity contribution in [1.29, 1.82) is 0 Å². The van der Waals surface area contributed by atoms with E-state index in [1.807, 2.05) is 31.5 Å². The average molecular weight is 413 g/mol. The van der Waals surface area contributed by atoms with Gasteiger partial charge in [0.15, 0.2) is 6.61 Å². The van der Waals surface area contributed by atoms with Gasteiger partial charge in [-0.1, -0.05) is 18.2 Å². The summed E-state index contributed by atoms with van der Waals surface area (Å²) in [6.45, 7) is 3.77. The zero-order chi connectivity index (χ0) is 21.2.